The van der Waals surface area contributed by atoms with Crippen LogP contribution in [0.5, 0.6) is 0 Å². The molecule has 3 rings (SSSR count). The summed E-state index contributed by atoms with van der Waals surface area (Å²) in [4.78, 5) is 4.21. The quantitative estimate of drug-likeness (QED) is 0.708. The number of hydrogen-bond acceptors (Lipinski definition) is 2. The Kier molecular flexibility index (Phi) is 4.05. The zero-order chi connectivity index (χ0) is 15.4. The Bertz CT molecular complexity index is 651. The first-order chi connectivity index (χ1) is 10.8. The monoisotopic (exact) mass is 291 g/mol. The van der Waals surface area contributed by atoms with Gasteiger partial charge in [0.05, 0.1) is 0 Å². The smallest absolute Gasteiger partial charge is 0.137 e. The van der Waals surface area contributed by atoms with Crippen LogP contribution in [0.3, 0.4) is 0 Å². The Balaban J connectivity index is 2.33. The molecular weight excluding hydrogens is 270 g/mol. The first-order valence-electron chi connectivity index (χ1n) is 7.76. The highest BCUT2D eigenvalue weighted by atomic mass is 15.4. The van der Waals surface area contributed by atoms with Crippen LogP contribution in [0, 0.1) is 5.92 Å². The molecule has 1 heterocycles. The van der Waals surface area contributed by atoms with Gasteiger partial charge < -0.3 is 0 Å². The molecule has 0 aliphatic rings. The number of nitrogens with zero attached hydrogens (tertiary/aromatic N) is 3. The Labute approximate surface area is 131 Å². The summed E-state index contributed by atoms with van der Waals surface area (Å²) in [6, 6.07) is 21.2. The van der Waals surface area contributed by atoms with Crippen LogP contribution in [0.4, 0.5) is 0 Å². The van der Waals surface area contributed by atoms with E-state index in [1.807, 2.05) is 11.0 Å². The molecule has 0 saturated carbocycles. The second-order valence-electron chi connectivity index (χ2n) is 5.65. The van der Waals surface area contributed by atoms with Crippen LogP contribution in [0.25, 0.3) is 0 Å². The molecule has 112 valence electrons. The molecule has 22 heavy (non-hydrogen) atoms. The topological polar surface area (TPSA) is 30.7 Å². The lowest BCUT2D eigenvalue weighted by atomic mass is 9.72. The van der Waals surface area contributed by atoms with Gasteiger partial charge in [0.25, 0.3) is 0 Å². The number of rotatable bonds is 5. The lowest BCUT2D eigenvalue weighted by molar-refractivity contribution is 0.259. The van der Waals surface area contributed by atoms with Crippen LogP contribution in [-0.2, 0) is 5.54 Å². The second-order valence-corrected chi connectivity index (χ2v) is 5.65. The highest BCUT2D eigenvalue weighted by Gasteiger charge is 2.41. The minimum atomic E-state index is -0.340. The number of hydrogen-bond donors (Lipinski definition) is 0. The van der Waals surface area contributed by atoms with Crippen molar-refractivity contribution in [2.75, 3.05) is 0 Å². The first-order valence-corrected chi connectivity index (χ1v) is 7.76. The van der Waals surface area contributed by atoms with Crippen molar-refractivity contribution in [3.63, 3.8) is 0 Å². The van der Waals surface area contributed by atoms with E-state index in [0.717, 1.165) is 6.42 Å². The van der Waals surface area contributed by atoms with Crippen molar-refractivity contribution in [2.24, 2.45) is 5.92 Å². The lowest BCUT2D eigenvalue weighted by Crippen LogP contribution is -2.42. The Morgan fingerprint density at radius 3 is 1.91 bits per heavy atom. The van der Waals surface area contributed by atoms with E-state index in [-0.39, 0.29) is 5.54 Å². The standard InChI is InChI=1S/C19H21N3/c1-3-16(2)19(22-15-20-14-21-22,17-10-6-4-7-11-17)18-12-8-5-9-13-18/h4-16H,3H2,1-2H3. The van der Waals surface area contributed by atoms with Crippen molar-refractivity contribution >= 4 is 0 Å². The Morgan fingerprint density at radius 1 is 0.955 bits per heavy atom. The molecule has 1 aromatic heterocycles. The SMILES string of the molecule is CCC(C)C(c1ccccc1)(c1ccccc1)n1cncn1. The third kappa shape index (κ3) is 2.23. The third-order valence-electron chi connectivity index (χ3n) is 4.53. The molecule has 0 aliphatic heterocycles. The molecule has 0 saturated heterocycles. The van der Waals surface area contributed by atoms with E-state index in [2.05, 4.69) is 84.6 Å². The highest BCUT2D eigenvalue weighted by molar-refractivity contribution is 5.40. The summed E-state index contributed by atoms with van der Waals surface area (Å²) < 4.78 is 2.01. The average Bonchev–Trinajstić information content (AvgIpc) is 3.12. The Morgan fingerprint density at radius 2 is 1.50 bits per heavy atom. The summed E-state index contributed by atoms with van der Waals surface area (Å²) in [7, 11) is 0. The summed E-state index contributed by atoms with van der Waals surface area (Å²) in [5.41, 5.74) is 2.13. The minimum absolute atomic E-state index is 0.340. The summed E-state index contributed by atoms with van der Waals surface area (Å²) in [6.07, 6.45) is 4.48. The van der Waals surface area contributed by atoms with Gasteiger partial charge in [-0.2, -0.15) is 5.10 Å². The van der Waals surface area contributed by atoms with E-state index in [1.54, 1.807) is 6.33 Å². The fourth-order valence-electron chi connectivity index (χ4n) is 3.30. The summed E-state index contributed by atoms with van der Waals surface area (Å²) in [5, 5.41) is 4.52. The van der Waals surface area contributed by atoms with Gasteiger partial charge in [0.15, 0.2) is 0 Å². The average molecular weight is 291 g/mol. The molecule has 1 unspecified atom stereocenters. The van der Waals surface area contributed by atoms with Crippen LogP contribution < -0.4 is 0 Å². The molecule has 3 heteroatoms. The van der Waals surface area contributed by atoms with Crippen molar-refractivity contribution in [3.8, 4) is 0 Å². The second kappa shape index (κ2) is 6.14. The molecule has 0 radical (unpaired) electrons. The molecule has 0 fully saturated rings. The maximum atomic E-state index is 4.52. The van der Waals surface area contributed by atoms with Crippen LogP contribution in [-0.4, -0.2) is 14.8 Å². The fourth-order valence-corrected chi connectivity index (χ4v) is 3.30. The normalized spacial score (nSPS) is 13.0. The zero-order valence-corrected chi connectivity index (χ0v) is 13.1. The van der Waals surface area contributed by atoms with E-state index >= 15 is 0 Å². The van der Waals surface area contributed by atoms with E-state index < -0.39 is 0 Å². The van der Waals surface area contributed by atoms with Crippen molar-refractivity contribution in [3.05, 3.63) is 84.4 Å². The molecule has 2 aromatic carbocycles. The van der Waals surface area contributed by atoms with Crippen LogP contribution in [0.2, 0.25) is 0 Å². The van der Waals surface area contributed by atoms with Gasteiger partial charge in [0.2, 0.25) is 0 Å². The summed E-state index contributed by atoms with van der Waals surface area (Å²) >= 11 is 0. The molecule has 0 N–H and O–H groups in total. The molecule has 1 atom stereocenters. The van der Waals surface area contributed by atoms with E-state index in [0.29, 0.717) is 5.92 Å². The van der Waals surface area contributed by atoms with Crippen molar-refractivity contribution in [1.82, 2.24) is 14.8 Å². The maximum Gasteiger partial charge on any atom is 0.137 e. The van der Waals surface area contributed by atoms with Gasteiger partial charge in [0, 0.05) is 0 Å². The van der Waals surface area contributed by atoms with Crippen molar-refractivity contribution in [1.29, 1.82) is 0 Å². The van der Waals surface area contributed by atoms with Gasteiger partial charge in [0.1, 0.15) is 18.2 Å². The molecule has 3 aromatic rings. The largest absolute Gasteiger partial charge is 0.238 e. The van der Waals surface area contributed by atoms with Crippen molar-refractivity contribution < 1.29 is 0 Å². The predicted octanol–water partition coefficient (Wildman–Crippen LogP) is 4.12. The van der Waals surface area contributed by atoms with Crippen molar-refractivity contribution in [2.45, 2.75) is 25.8 Å². The van der Waals surface area contributed by atoms with E-state index in [1.165, 1.54) is 11.1 Å². The molecular formula is C19H21N3. The van der Waals surface area contributed by atoms with Gasteiger partial charge >= 0.3 is 0 Å². The first kappa shape index (κ1) is 14.5. The lowest BCUT2D eigenvalue weighted by Gasteiger charge is -2.40. The predicted molar refractivity (Wildman–Crippen MR) is 88.5 cm³/mol. The maximum absolute atomic E-state index is 4.52. The van der Waals surface area contributed by atoms with Gasteiger partial charge in [-0.1, -0.05) is 80.9 Å². The Hall–Kier alpha value is -2.42. The zero-order valence-electron chi connectivity index (χ0n) is 13.1. The summed E-state index contributed by atoms with van der Waals surface area (Å²) in [6.45, 7) is 4.50. The van der Waals surface area contributed by atoms with E-state index in [9.17, 15) is 0 Å². The molecule has 3 nitrogen and oxygen atoms in total. The molecule has 0 bridgehead atoms. The van der Waals surface area contributed by atoms with Gasteiger partial charge in [-0.25, -0.2) is 9.67 Å². The highest BCUT2D eigenvalue weighted by Crippen LogP contribution is 2.41. The van der Waals surface area contributed by atoms with Crippen LogP contribution >= 0.6 is 0 Å². The molecule has 0 aliphatic carbocycles. The van der Waals surface area contributed by atoms with Crippen LogP contribution in [0.1, 0.15) is 31.4 Å². The molecule has 0 spiro atoms. The fraction of sp³-hybridized carbons (Fsp3) is 0.263. The van der Waals surface area contributed by atoms with Crippen LogP contribution in [0.15, 0.2) is 73.3 Å². The third-order valence-corrected chi connectivity index (χ3v) is 4.53. The van der Waals surface area contributed by atoms with Gasteiger partial charge in [-0.05, 0) is 17.0 Å². The van der Waals surface area contributed by atoms with Gasteiger partial charge in [-0.3, -0.25) is 0 Å². The minimum Gasteiger partial charge on any atom is -0.238 e. The number of aromatic nitrogens is 3. The number of benzene rings is 2. The summed E-state index contributed by atoms with van der Waals surface area (Å²) in [5.74, 6) is 0.374. The van der Waals surface area contributed by atoms with Gasteiger partial charge in [-0.15, -0.1) is 0 Å². The molecule has 0 amide bonds. The van der Waals surface area contributed by atoms with E-state index in [4.69, 9.17) is 0 Å².